The fourth-order valence-electron chi connectivity index (χ4n) is 4.74. The van der Waals surface area contributed by atoms with Crippen molar-refractivity contribution in [3.05, 3.63) is 84.2 Å². The molecule has 0 radical (unpaired) electrons. The minimum absolute atomic E-state index is 0.310. The third kappa shape index (κ3) is 7.72. The van der Waals surface area contributed by atoms with Crippen LogP contribution < -0.4 is 10.6 Å². The lowest BCUT2D eigenvalue weighted by molar-refractivity contribution is 0.409. The molecule has 0 saturated heterocycles. The average molecular weight is 459 g/mol. The summed E-state index contributed by atoms with van der Waals surface area (Å²) in [7, 11) is 0. The summed E-state index contributed by atoms with van der Waals surface area (Å²) in [6.45, 7) is 1.71. The minimum atomic E-state index is 0.310. The van der Waals surface area contributed by atoms with Crippen molar-refractivity contribution < 1.29 is 0 Å². The van der Waals surface area contributed by atoms with E-state index in [1.807, 2.05) is 18.5 Å². The summed E-state index contributed by atoms with van der Waals surface area (Å²) in [4.78, 5) is 16.8. The molecule has 6 nitrogen and oxygen atoms in total. The van der Waals surface area contributed by atoms with E-state index in [-0.39, 0.29) is 0 Å². The van der Waals surface area contributed by atoms with Gasteiger partial charge in [0.05, 0.1) is 6.33 Å². The van der Waals surface area contributed by atoms with Crippen LogP contribution in [0.15, 0.2) is 72.2 Å². The van der Waals surface area contributed by atoms with Crippen molar-refractivity contribution in [2.24, 2.45) is 4.99 Å². The lowest BCUT2D eigenvalue weighted by atomic mass is 9.91. The number of nitrogens with zero attached hydrogens (tertiary/aromatic N) is 3. The zero-order valence-corrected chi connectivity index (χ0v) is 20.1. The number of pyridine rings is 1. The molecular weight excluding hydrogens is 420 g/mol. The van der Waals surface area contributed by atoms with E-state index >= 15 is 0 Å². The summed E-state index contributed by atoms with van der Waals surface area (Å²) in [5.74, 6) is 1.27. The molecule has 0 aliphatic heterocycles. The first-order chi connectivity index (χ1) is 16.9. The zero-order chi connectivity index (χ0) is 23.3. The van der Waals surface area contributed by atoms with Crippen LogP contribution >= 0.6 is 0 Å². The van der Waals surface area contributed by atoms with Crippen LogP contribution in [0.5, 0.6) is 0 Å². The average Bonchev–Trinajstić information content (AvgIpc) is 3.42. The van der Waals surface area contributed by atoms with E-state index in [4.69, 9.17) is 4.99 Å². The number of aryl methyl sites for hydroxylation is 1. The van der Waals surface area contributed by atoms with Gasteiger partial charge in [0.25, 0.3) is 0 Å². The first-order valence-corrected chi connectivity index (χ1v) is 12.9. The van der Waals surface area contributed by atoms with Crippen LogP contribution in [0.25, 0.3) is 0 Å². The number of benzene rings is 1. The number of imidazole rings is 1. The molecule has 1 saturated carbocycles. The van der Waals surface area contributed by atoms with Crippen LogP contribution in [0.2, 0.25) is 0 Å². The number of hydrogen-bond acceptors (Lipinski definition) is 3. The molecule has 2 aromatic heterocycles. The second-order valence-corrected chi connectivity index (χ2v) is 9.18. The second kappa shape index (κ2) is 13.5. The van der Waals surface area contributed by atoms with Gasteiger partial charge in [-0.25, -0.2) is 4.98 Å². The number of rotatable bonds is 11. The summed E-state index contributed by atoms with van der Waals surface area (Å²) in [6.07, 6.45) is 16.1. The van der Waals surface area contributed by atoms with Crippen molar-refractivity contribution in [2.75, 3.05) is 13.1 Å². The fraction of sp³-hybridized carbons (Fsp3) is 0.464. The maximum atomic E-state index is 4.90. The van der Waals surface area contributed by atoms with Gasteiger partial charge in [-0.1, -0.05) is 55.7 Å². The van der Waals surface area contributed by atoms with Crippen LogP contribution in [-0.4, -0.2) is 40.0 Å². The Morgan fingerprint density at radius 1 is 1.03 bits per heavy atom. The summed E-state index contributed by atoms with van der Waals surface area (Å²) in [5, 5.41) is 7.32. The van der Waals surface area contributed by atoms with Crippen molar-refractivity contribution in [1.29, 1.82) is 0 Å². The number of aliphatic imine (C=N–C) groups is 1. The van der Waals surface area contributed by atoms with E-state index < -0.39 is 0 Å². The highest BCUT2D eigenvalue weighted by Crippen LogP contribution is 2.27. The van der Waals surface area contributed by atoms with E-state index in [1.165, 1.54) is 43.4 Å². The molecule has 1 aliphatic carbocycles. The molecule has 2 heterocycles. The molecule has 180 valence electrons. The maximum Gasteiger partial charge on any atom is 0.191 e. The third-order valence-electron chi connectivity index (χ3n) is 6.58. The third-order valence-corrected chi connectivity index (χ3v) is 6.58. The topological polar surface area (TPSA) is 78.0 Å². The van der Waals surface area contributed by atoms with Gasteiger partial charge in [0, 0.05) is 48.8 Å². The zero-order valence-electron chi connectivity index (χ0n) is 20.1. The molecule has 0 spiro atoms. The smallest absolute Gasteiger partial charge is 0.191 e. The first-order valence-electron chi connectivity index (χ1n) is 12.9. The summed E-state index contributed by atoms with van der Waals surface area (Å²) >= 11 is 0. The Balaban J connectivity index is 1.31. The second-order valence-electron chi connectivity index (χ2n) is 9.18. The predicted molar refractivity (Wildman–Crippen MR) is 139 cm³/mol. The van der Waals surface area contributed by atoms with E-state index in [2.05, 4.69) is 68.1 Å². The highest BCUT2D eigenvalue weighted by Gasteiger charge is 2.16. The first kappa shape index (κ1) is 24.0. The van der Waals surface area contributed by atoms with E-state index in [0.29, 0.717) is 12.0 Å². The Morgan fingerprint density at radius 3 is 2.65 bits per heavy atom. The molecule has 4 rings (SSSR count). The highest BCUT2D eigenvalue weighted by atomic mass is 15.2. The molecule has 0 bridgehead atoms. The van der Waals surface area contributed by atoms with Gasteiger partial charge in [-0.05, 0) is 56.2 Å². The highest BCUT2D eigenvalue weighted by molar-refractivity contribution is 5.80. The molecular formula is C28H38N6. The molecule has 3 aromatic rings. The molecule has 1 atom stereocenters. The minimum Gasteiger partial charge on any atom is -0.356 e. The Morgan fingerprint density at radius 2 is 1.88 bits per heavy atom. The number of hydrogen-bond donors (Lipinski definition) is 3. The van der Waals surface area contributed by atoms with Crippen molar-refractivity contribution in [3.63, 3.8) is 0 Å². The predicted octanol–water partition coefficient (Wildman–Crippen LogP) is 5.22. The van der Waals surface area contributed by atoms with Gasteiger partial charge < -0.3 is 15.6 Å². The molecule has 0 amide bonds. The standard InChI is InChI=1S/C28H38N6/c1-3-11-23(12-4-1)26(27-17-7-8-18-30-27)16-10-20-32-28(34-24-13-5-2-6-14-24)31-19-9-15-25-21-29-22-33-25/h1,3-4,7-8,11-12,17-18,21-22,24,26H,2,5-6,9-10,13-16,19-20H2,(H,29,33)(H2,31,32,34). The number of nitrogens with one attached hydrogen (secondary N) is 3. The maximum absolute atomic E-state index is 4.90. The number of H-pyrrole nitrogens is 1. The summed E-state index contributed by atoms with van der Waals surface area (Å²) in [6, 6.07) is 17.5. The van der Waals surface area contributed by atoms with Gasteiger partial charge >= 0.3 is 0 Å². The molecule has 1 aliphatic rings. The molecule has 34 heavy (non-hydrogen) atoms. The number of aromatic nitrogens is 3. The Kier molecular flexibility index (Phi) is 9.55. The Hall–Kier alpha value is -3.15. The van der Waals surface area contributed by atoms with Crippen LogP contribution in [0.1, 0.15) is 74.2 Å². The van der Waals surface area contributed by atoms with E-state index in [0.717, 1.165) is 50.4 Å². The number of aromatic amines is 1. The largest absolute Gasteiger partial charge is 0.356 e. The number of guanidine groups is 1. The van der Waals surface area contributed by atoms with Gasteiger partial charge in [0.15, 0.2) is 5.96 Å². The van der Waals surface area contributed by atoms with E-state index in [1.54, 1.807) is 6.33 Å². The van der Waals surface area contributed by atoms with Gasteiger partial charge in [0.1, 0.15) is 0 Å². The van der Waals surface area contributed by atoms with Gasteiger partial charge in [-0.15, -0.1) is 0 Å². The lowest BCUT2D eigenvalue weighted by Gasteiger charge is -2.25. The van der Waals surface area contributed by atoms with Gasteiger partial charge in [-0.2, -0.15) is 0 Å². The SMILES string of the molecule is c1ccc(C(CCCNC(=NCCCc2cnc[nH]2)NC2CCCCC2)c2ccccn2)cc1. The van der Waals surface area contributed by atoms with Crippen LogP contribution in [0, 0.1) is 0 Å². The van der Waals surface area contributed by atoms with Crippen LogP contribution in [0.3, 0.4) is 0 Å². The molecule has 3 N–H and O–H groups in total. The van der Waals surface area contributed by atoms with Gasteiger partial charge in [-0.3, -0.25) is 9.98 Å². The van der Waals surface area contributed by atoms with Crippen LogP contribution in [0.4, 0.5) is 0 Å². The fourth-order valence-corrected chi connectivity index (χ4v) is 4.74. The van der Waals surface area contributed by atoms with Crippen LogP contribution in [-0.2, 0) is 6.42 Å². The monoisotopic (exact) mass is 458 g/mol. The van der Waals surface area contributed by atoms with E-state index in [9.17, 15) is 0 Å². The Labute approximate surface area is 203 Å². The molecule has 1 fully saturated rings. The molecule has 6 heteroatoms. The van der Waals surface area contributed by atoms with Crippen molar-refractivity contribution in [3.8, 4) is 0 Å². The summed E-state index contributed by atoms with van der Waals surface area (Å²) in [5.41, 5.74) is 3.64. The van der Waals surface area contributed by atoms with Crippen molar-refractivity contribution >= 4 is 5.96 Å². The lowest BCUT2D eigenvalue weighted by Crippen LogP contribution is -2.44. The summed E-state index contributed by atoms with van der Waals surface area (Å²) < 4.78 is 0. The quantitative estimate of drug-likeness (QED) is 0.209. The van der Waals surface area contributed by atoms with Gasteiger partial charge in [0.2, 0.25) is 0 Å². The van der Waals surface area contributed by atoms with Crippen molar-refractivity contribution in [2.45, 2.75) is 69.7 Å². The Bertz CT molecular complexity index is 910. The van der Waals surface area contributed by atoms with Crippen molar-refractivity contribution in [1.82, 2.24) is 25.6 Å². The molecule has 1 unspecified atom stereocenters. The molecule has 1 aromatic carbocycles. The normalized spacial score (nSPS) is 15.7.